The second kappa shape index (κ2) is 3.53. The van der Waals surface area contributed by atoms with E-state index < -0.39 is 6.17 Å². The van der Waals surface area contributed by atoms with Crippen LogP contribution in [0.15, 0.2) is 0 Å². The average molecular weight is 159 g/mol. The first-order valence-corrected chi connectivity index (χ1v) is 4.53. The maximum Gasteiger partial charge on any atom is 0.118 e. The molecule has 11 heavy (non-hydrogen) atoms. The highest BCUT2D eigenvalue weighted by molar-refractivity contribution is 4.85. The van der Waals surface area contributed by atoms with Gasteiger partial charge in [-0.25, -0.2) is 4.39 Å². The summed E-state index contributed by atoms with van der Waals surface area (Å²) in [6.07, 6.45) is 4.88. The molecular formula is C9H18FN. The van der Waals surface area contributed by atoms with E-state index in [1.54, 1.807) is 0 Å². The second-order valence-corrected chi connectivity index (χ2v) is 3.92. The molecule has 0 aromatic heterocycles. The highest BCUT2D eigenvalue weighted by atomic mass is 19.1. The van der Waals surface area contributed by atoms with E-state index in [4.69, 9.17) is 5.73 Å². The number of alkyl halides is 1. The predicted octanol–water partition coefficient (Wildman–Crippen LogP) is 2.25. The summed E-state index contributed by atoms with van der Waals surface area (Å²) in [7, 11) is 0. The fourth-order valence-electron chi connectivity index (χ4n) is 1.96. The van der Waals surface area contributed by atoms with E-state index in [0.717, 1.165) is 12.8 Å². The van der Waals surface area contributed by atoms with Gasteiger partial charge in [0.2, 0.25) is 0 Å². The molecule has 1 saturated carbocycles. The third kappa shape index (κ3) is 1.92. The standard InChI is InChI=1S/C9H18FN/c1-9(8(10)7-11)5-3-2-4-6-9/h8H,2-7,11H2,1H3. The molecule has 0 amide bonds. The molecule has 1 aliphatic rings. The monoisotopic (exact) mass is 159 g/mol. The van der Waals surface area contributed by atoms with Crippen molar-refractivity contribution in [3.63, 3.8) is 0 Å². The van der Waals surface area contributed by atoms with Gasteiger partial charge in [0.05, 0.1) is 0 Å². The maximum absolute atomic E-state index is 13.3. The Morgan fingerprint density at radius 1 is 1.36 bits per heavy atom. The molecule has 1 rings (SSSR count). The summed E-state index contributed by atoms with van der Waals surface area (Å²) in [4.78, 5) is 0. The Kier molecular flexibility index (Phi) is 2.88. The molecule has 0 aliphatic heterocycles. The molecule has 0 radical (unpaired) electrons. The van der Waals surface area contributed by atoms with E-state index in [2.05, 4.69) is 0 Å². The Hall–Kier alpha value is -0.110. The Morgan fingerprint density at radius 2 is 1.91 bits per heavy atom. The number of nitrogens with two attached hydrogens (primary N) is 1. The Balaban J connectivity index is 2.49. The minimum absolute atomic E-state index is 0.104. The topological polar surface area (TPSA) is 26.0 Å². The van der Waals surface area contributed by atoms with Gasteiger partial charge in [0.25, 0.3) is 0 Å². The molecule has 0 bridgehead atoms. The first kappa shape index (κ1) is 8.98. The highest BCUT2D eigenvalue weighted by Gasteiger charge is 2.34. The van der Waals surface area contributed by atoms with Crippen molar-refractivity contribution in [1.29, 1.82) is 0 Å². The summed E-state index contributed by atoms with van der Waals surface area (Å²) in [5.41, 5.74) is 5.21. The van der Waals surface area contributed by atoms with Crippen LogP contribution in [0.4, 0.5) is 4.39 Å². The van der Waals surface area contributed by atoms with Crippen LogP contribution in [-0.2, 0) is 0 Å². The summed E-state index contributed by atoms with van der Waals surface area (Å²) in [6.45, 7) is 2.22. The SMILES string of the molecule is CC1(C(F)CN)CCCCC1. The number of hydrogen-bond donors (Lipinski definition) is 1. The largest absolute Gasteiger partial charge is 0.328 e. The summed E-state index contributed by atoms with van der Waals surface area (Å²) in [5.74, 6) is 0. The van der Waals surface area contributed by atoms with Crippen LogP contribution in [0.2, 0.25) is 0 Å². The fraction of sp³-hybridized carbons (Fsp3) is 1.00. The maximum atomic E-state index is 13.3. The first-order valence-electron chi connectivity index (χ1n) is 4.53. The molecule has 0 aromatic rings. The van der Waals surface area contributed by atoms with Crippen LogP contribution in [0.1, 0.15) is 39.0 Å². The van der Waals surface area contributed by atoms with Crippen LogP contribution >= 0.6 is 0 Å². The molecule has 66 valence electrons. The van der Waals surface area contributed by atoms with Crippen molar-refractivity contribution in [2.45, 2.75) is 45.2 Å². The lowest BCUT2D eigenvalue weighted by Gasteiger charge is -2.35. The van der Waals surface area contributed by atoms with Gasteiger partial charge < -0.3 is 5.73 Å². The molecular weight excluding hydrogens is 141 g/mol. The normalized spacial score (nSPS) is 26.5. The Labute approximate surface area is 68.2 Å². The van der Waals surface area contributed by atoms with Gasteiger partial charge in [0.1, 0.15) is 6.17 Å². The molecule has 0 spiro atoms. The minimum Gasteiger partial charge on any atom is -0.328 e. The molecule has 1 atom stereocenters. The van der Waals surface area contributed by atoms with E-state index in [-0.39, 0.29) is 12.0 Å². The lowest BCUT2D eigenvalue weighted by molar-refractivity contribution is 0.0846. The van der Waals surface area contributed by atoms with Gasteiger partial charge in [-0.2, -0.15) is 0 Å². The minimum atomic E-state index is -0.789. The third-order valence-corrected chi connectivity index (χ3v) is 2.96. The van der Waals surface area contributed by atoms with Crippen molar-refractivity contribution in [3.8, 4) is 0 Å². The molecule has 2 heteroatoms. The average Bonchev–Trinajstić information content (AvgIpc) is 2.04. The second-order valence-electron chi connectivity index (χ2n) is 3.92. The zero-order valence-electron chi connectivity index (χ0n) is 7.28. The Bertz CT molecular complexity index is 119. The predicted molar refractivity (Wildman–Crippen MR) is 45.1 cm³/mol. The summed E-state index contributed by atoms with van der Waals surface area (Å²) < 4.78 is 13.3. The smallest absolute Gasteiger partial charge is 0.118 e. The van der Waals surface area contributed by atoms with Gasteiger partial charge in [-0.15, -0.1) is 0 Å². The van der Waals surface area contributed by atoms with E-state index in [1.165, 1.54) is 19.3 Å². The number of hydrogen-bond acceptors (Lipinski definition) is 1. The Morgan fingerprint density at radius 3 is 2.36 bits per heavy atom. The van der Waals surface area contributed by atoms with E-state index in [1.807, 2.05) is 6.92 Å². The molecule has 2 N–H and O–H groups in total. The van der Waals surface area contributed by atoms with Crippen LogP contribution in [0.3, 0.4) is 0 Å². The summed E-state index contributed by atoms with van der Waals surface area (Å²) >= 11 is 0. The zero-order chi connectivity index (χ0) is 8.32. The lowest BCUT2D eigenvalue weighted by atomic mass is 9.72. The van der Waals surface area contributed by atoms with Crippen LogP contribution in [-0.4, -0.2) is 12.7 Å². The zero-order valence-corrected chi connectivity index (χ0v) is 7.28. The molecule has 1 aliphatic carbocycles. The van der Waals surface area contributed by atoms with Crippen molar-refractivity contribution >= 4 is 0 Å². The van der Waals surface area contributed by atoms with Crippen molar-refractivity contribution in [1.82, 2.24) is 0 Å². The van der Waals surface area contributed by atoms with Crippen LogP contribution < -0.4 is 5.73 Å². The van der Waals surface area contributed by atoms with Gasteiger partial charge in [0.15, 0.2) is 0 Å². The van der Waals surface area contributed by atoms with Gasteiger partial charge in [-0.3, -0.25) is 0 Å². The molecule has 0 saturated heterocycles. The highest BCUT2D eigenvalue weighted by Crippen LogP contribution is 2.39. The van der Waals surface area contributed by atoms with Crippen LogP contribution in [0.5, 0.6) is 0 Å². The van der Waals surface area contributed by atoms with Crippen molar-refractivity contribution < 1.29 is 4.39 Å². The van der Waals surface area contributed by atoms with Gasteiger partial charge >= 0.3 is 0 Å². The van der Waals surface area contributed by atoms with E-state index in [0.29, 0.717) is 0 Å². The number of rotatable bonds is 2. The molecule has 1 nitrogen and oxygen atoms in total. The number of halogens is 1. The van der Waals surface area contributed by atoms with Crippen LogP contribution in [0, 0.1) is 5.41 Å². The molecule has 0 aromatic carbocycles. The first-order chi connectivity index (χ1) is 5.19. The molecule has 1 unspecified atom stereocenters. The van der Waals surface area contributed by atoms with Crippen LogP contribution in [0.25, 0.3) is 0 Å². The van der Waals surface area contributed by atoms with Crippen molar-refractivity contribution in [2.75, 3.05) is 6.54 Å². The summed E-state index contributed by atoms with van der Waals surface area (Å²) in [5, 5.41) is 0. The van der Waals surface area contributed by atoms with Gasteiger partial charge in [-0.05, 0) is 12.8 Å². The van der Waals surface area contributed by atoms with Gasteiger partial charge in [0, 0.05) is 12.0 Å². The van der Waals surface area contributed by atoms with E-state index in [9.17, 15) is 4.39 Å². The third-order valence-electron chi connectivity index (χ3n) is 2.96. The van der Waals surface area contributed by atoms with Gasteiger partial charge in [-0.1, -0.05) is 26.2 Å². The quantitative estimate of drug-likeness (QED) is 0.657. The van der Waals surface area contributed by atoms with Crippen molar-refractivity contribution in [3.05, 3.63) is 0 Å². The van der Waals surface area contributed by atoms with E-state index >= 15 is 0 Å². The van der Waals surface area contributed by atoms with Crippen molar-refractivity contribution in [2.24, 2.45) is 11.1 Å². The summed E-state index contributed by atoms with van der Waals surface area (Å²) in [6, 6.07) is 0. The fourth-order valence-corrected chi connectivity index (χ4v) is 1.96. The molecule has 1 fully saturated rings. The molecule has 0 heterocycles. The lowest BCUT2D eigenvalue weighted by Crippen LogP contribution is -2.36.